The van der Waals surface area contributed by atoms with Crippen LogP contribution in [-0.4, -0.2) is 32.5 Å². The highest BCUT2D eigenvalue weighted by Crippen LogP contribution is 2.38. The normalized spacial score (nSPS) is 17.8. The molecule has 1 fully saturated rings. The standard InChI is InChI=1S/C13H20N4O4S/c1-13(14,9-3-4-9)8-16-11-6-5-10(22(20,21)15-2)7-12(11)17(18)19/h5-7,9,15-16H,3-4,8,14H2,1-2H3/t13-/m0/s1. The Hall–Kier alpha value is -1.71. The molecule has 1 saturated carbocycles. The average molecular weight is 328 g/mol. The molecular formula is C13H20N4O4S. The van der Waals surface area contributed by atoms with E-state index in [9.17, 15) is 18.5 Å². The fourth-order valence-corrected chi connectivity index (χ4v) is 3.02. The largest absolute Gasteiger partial charge is 0.378 e. The van der Waals surface area contributed by atoms with Gasteiger partial charge in [-0.25, -0.2) is 13.1 Å². The smallest absolute Gasteiger partial charge is 0.293 e. The zero-order valence-corrected chi connectivity index (χ0v) is 13.3. The minimum Gasteiger partial charge on any atom is -0.378 e. The van der Waals surface area contributed by atoms with Crippen LogP contribution >= 0.6 is 0 Å². The van der Waals surface area contributed by atoms with E-state index in [4.69, 9.17) is 5.73 Å². The molecule has 1 aromatic carbocycles. The average Bonchev–Trinajstić information content (AvgIpc) is 3.30. The second-order valence-electron chi connectivity index (χ2n) is 5.78. The maximum atomic E-state index is 11.7. The highest BCUT2D eigenvalue weighted by atomic mass is 32.2. The van der Waals surface area contributed by atoms with E-state index in [-0.39, 0.29) is 16.3 Å². The number of nitro groups is 1. The monoisotopic (exact) mass is 328 g/mol. The van der Waals surface area contributed by atoms with E-state index in [0.717, 1.165) is 18.9 Å². The summed E-state index contributed by atoms with van der Waals surface area (Å²) in [6.07, 6.45) is 2.13. The highest BCUT2D eigenvalue weighted by molar-refractivity contribution is 7.89. The molecule has 0 bridgehead atoms. The molecule has 1 aromatic rings. The van der Waals surface area contributed by atoms with Crippen molar-refractivity contribution in [1.29, 1.82) is 0 Å². The van der Waals surface area contributed by atoms with Gasteiger partial charge in [-0.2, -0.15) is 0 Å². The lowest BCUT2D eigenvalue weighted by Crippen LogP contribution is -2.45. The number of rotatable bonds is 7. The lowest BCUT2D eigenvalue weighted by atomic mass is 9.97. The van der Waals surface area contributed by atoms with Crippen LogP contribution in [0.5, 0.6) is 0 Å². The van der Waals surface area contributed by atoms with Crippen LogP contribution < -0.4 is 15.8 Å². The number of nitrogens with zero attached hydrogens (tertiary/aromatic N) is 1. The molecule has 122 valence electrons. The van der Waals surface area contributed by atoms with Gasteiger partial charge in [0.05, 0.1) is 9.82 Å². The van der Waals surface area contributed by atoms with Crippen LogP contribution in [0, 0.1) is 16.0 Å². The van der Waals surface area contributed by atoms with E-state index in [1.165, 1.54) is 19.2 Å². The van der Waals surface area contributed by atoms with Crippen LogP contribution in [0.15, 0.2) is 23.1 Å². The summed E-state index contributed by atoms with van der Waals surface area (Å²) in [5.74, 6) is 0.419. The van der Waals surface area contributed by atoms with E-state index < -0.39 is 20.5 Å². The van der Waals surface area contributed by atoms with Crippen molar-refractivity contribution < 1.29 is 13.3 Å². The minimum absolute atomic E-state index is 0.148. The fraction of sp³-hybridized carbons (Fsp3) is 0.538. The Morgan fingerprint density at radius 1 is 1.45 bits per heavy atom. The summed E-state index contributed by atoms with van der Waals surface area (Å²) in [4.78, 5) is 10.4. The predicted octanol–water partition coefficient (Wildman–Crippen LogP) is 1.04. The van der Waals surface area contributed by atoms with Crippen molar-refractivity contribution in [3.05, 3.63) is 28.3 Å². The molecule has 1 aliphatic rings. The van der Waals surface area contributed by atoms with Crippen LogP contribution in [-0.2, 0) is 10.0 Å². The summed E-state index contributed by atoms with van der Waals surface area (Å²) in [5, 5.41) is 14.2. The van der Waals surface area contributed by atoms with Gasteiger partial charge in [-0.3, -0.25) is 10.1 Å². The van der Waals surface area contributed by atoms with Crippen molar-refractivity contribution in [2.45, 2.75) is 30.2 Å². The van der Waals surface area contributed by atoms with E-state index in [2.05, 4.69) is 10.0 Å². The molecule has 0 spiro atoms. The molecule has 4 N–H and O–H groups in total. The van der Waals surface area contributed by atoms with E-state index in [1.54, 1.807) is 0 Å². The molecule has 0 unspecified atom stereocenters. The number of nitro benzene ring substituents is 1. The van der Waals surface area contributed by atoms with Gasteiger partial charge in [0, 0.05) is 18.2 Å². The first-order valence-electron chi connectivity index (χ1n) is 6.92. The summed E-state index contributed by atoms with van der Waals surface area (Å²) < 4.78 is 25.6. The molecule has 0 saturated heterocycles. The third kappa shape index (κ3) is 3.54. The van der Waals surface area contributed by atoms with Gasteiger partial charge in [0.15, 0.2) is 0 Å². The Labute approximate surface area is 129 Å². The van der Waals surface area contributed by atoms with Gasteiger partial charge in [-0.1, -0.05) is 0 Å². The van der Waals surface area contributed by atoms with Crippen molar-refractivity contribution in [3.8, 4) is 0 Å². The maximum absolute atomic E-state index is 11.7. The van der Waals surface area contributed by atoms with Gasteiger partial charge in [0.25, 0.3) is 5.69 Å². The third-order valence-electron chi connectivity index (χ3n) is 3.91. The van der Waals surface area contributed by atoms with Crippen LogP contribution in [0.4, 0.5) is 11.4 Å². The third-order valence-corrected chi connectivity index (χ3v) is 5.33. The Morgan fingerprint density at radius 3 is 2.59 bits per heavy atom. The Balaban J connectivity index is 2.26. The fourth-order valence-electron chi connectivity index (χ4n) is 2.27. The summed E-state index contributed by atoms with van der Waals surface area (Å²) in [5.41, 5.74) is 5.71. The summed E-state index contributed by atoms with van der Waals surface area (Å²) in [7, 11) is -2.47. The quantitative estimate of drug-likeness (QED) is 0.507. The van der Waals surface area contributed by atoms with Crippen LogP contribution in [0.2, 0.25) is 0 Å². The molecular weight excluding hydrogens is 308 g/mol. The highest BCUT2D eigenvalue weighted by Gasteiger charge is 2.38. The Bertz CT molecular complexity index is 683. The van der Waals surface area contributed by atoms with Crippen molar-refractivity contribution in [2.24, 2.45) is 11.7 Å². The van der Waals surface area contributed by atoms with E-state index >= 15 is 0 Å². The zero-order chi connectivity index (χ0) is 16.5. The molecule has 1 aliphatic carbocycles. The molecule has 1 atom stereocenters. The Kier molecular flexibility index (Phi) is 4.41. The van der Waals surface area contributed by atoms with Crippen LogP contribution in [0.1, 0.15) is 19.8 Å². The summed E-state index contributed by atoms with van der Waals surface area (Å²) >= 11 is 0. The van der Waals surface area contributed by atoms with E-state index in [1.807, 2.05) is 6.92 Å². The van der Waals surface area contributed by atoms with Crippen LogP contribution in [0.3, 0.4) is 0 Å². The second-order valence-corrected chi connectivity index (χ2v) is 7.66. The maximum Gasteiger partial charge on any atom is 0.293 e. The van der Waals surface area contributed by atoms with Crippen molar-refractivity contribution in [2.75, 3.05) is 18.9 Å². The molecule has 0 radical (unpaired) electrons. The molecule has 0 amide bonds. The SMILES string of the molecule is CNS(=O)(=O)c1ccc(NC[C@](C)(N)C2CC2)c([N+](=O)[O-])c1. The van der Waals surface area contributed by atoms with Gasteiger partial charge < -0.3 is 11.1 Å². The molecule has 9 heteroatoms. The lowest BCUT2D eigenvalue weighted by Gasteiger charge is -2.25. The zero-order valence-electron chi connectivity index (χ0n) is 12.5. The van der Waals surface area contributed by atoms with Gasteiger partial charge >= 0.3 is 0 Å². The molecule has 0 heterocycles. The number of hydrogen-bond acceptors (Lipinski definition) is 6. The molecule has 2 rings (SSSR count). The summed E-state index contributed by atoms with van der Waals surface area (Å²) in [6.45, 7) is 2.29. The van der Waals surface area contributed by atoms with Crippen LogP contribution in [0.25, 0.3) is 0 Å². The molecule has 8 nitrogen and oxygen atoms in total. The second kappa shape index (κ2) is 5.82. The first-order valence-corrected chi connectivity index (χ1v) is 8.40. The number of nitrogens with two attached hydrogens (primary N) is 1. The first-order chi connectivity index (χ1) is 10.2. The van der Waals surface area contributed by atoms with Crippen molar-refractivity contribution >= 4 is 21.4 Å². The summed E-state index contributed by atoms with van der Waals surface area (Å²) in [6, 6.07) is 3.76. The topological polar surface area (TPSA) is 127 Å². The molecule has 0 aliphatic heterocycles. The Morgan fingerprint density at radius 2 is 2.09 bits per heavy atom. The van der Waals surface area contributed by atoms with Gasteiger partial charge in [0.2, 0.25) is 10.0 Å². The number of sulfonamides is 1. The van der Waals surface area contributed by atoms with Gasteiger partial charge in [0.1, 0.15) is 5.69 Å². The van der Waals surface area contributed by atoms with E-state index in [0.29, 0.717) is 12.5 Å². The predicted molar refractivity (Wildman–Crippen MR) is 83.1 cm³/mol. The van der Waals surface area contributed by atoms with Crippen molar-refractivity contribution in [1.82, 2.24) is 4.72 Å². The number of hydrogen-bond donors (Lipinski definition) is 3. The first kappa shape index (κ1) is 16.7. The van der Waals surface area contributed by atoms with Gasteiger partial charge in [-0.05, 0) is 44.9 Å². The minimum atomic E-state index is -3.72. The number of nitrogens with one attached hydrogen (secondary N) is 2. The number of benzene rings is 1. The molecule has 0 aromatic heterocycles. The van der Waals surface area contributed by atoms with Gasteiger partial charge in [-0.15, -0.1) is 0 Å². The number of anilines is 1. The molecule has 22 heavy (non-hydrogen) atoms. The lowest BCUT2D eigenvalue weighted by molar-refractivity contribution is -0.384. The van der Waals surface area contributed by atoms with Crippen molar-refractivity contribution in [3.63, 3.8) is 0 Å².